The van der Waals surface area contributed by atoms with Gasteiger partial charge in [0.1, 0.15) is 5.78 Å². The van der Waals surface area contributed by atoms with Crippen LogP contribution in [-0.4, -0.2) is 67.7 Å². The number of ketones is 1. The summed E-state index contributed by atoms with van der Waals surface area (Å²) < 4.78 is 10.8. The summed E-state index contributed by atoms with van der Waals surface area (Å²) in [6, 6.07) is 0. The third kappa shape index (κ3) is 13.7. The van der Waals surface area contributed by atoms with Gasteiger partial charge in [0.05, 0.1) is 19.6 Å². The molecule has 0 amide bonds. The van der Waals surface area contributed by atoms with Gasteiger partial charge in [0.2, 0.25) is 0 Å². The molecule has 7 nitrogen and oxygen atoms in total. The lowest BCUT2D eigenvalue weighted by molar-refractivity contribution is -0.183. The van der Waals surface area contributed by atoms with E-state index in [2.05, 4.69) is 25.7 Å². The predicted octanol–water partition coefficient (Wildman–Crippen LogP) is 9.22. The van der Waals surface area contributed by atoms with E-state index in [-0.39, 0.29) is 28.8 Å². The molecule has 4 saturated carbocycles. The molecule has 2 aliphatic heterocycles. The standard InChI is InChI=1S/C27H45NO4.C14H28O2/c1-2-5-23(30)9-13-26-17-27(18-26,20-28(19-26)14-3-4-15-29)21-32-24(31)16-25-10-6-22(7-11-25)8-12-25;1-3-5-7-9-14(10-8-6-4-2)11-12-16-13-15/h22,29H,2-21H2,1H3;13-14H,3-12H2,1-2H3. The van der Waals surface area contributed by atoms with E-state index in [1.165, 1.54) is 89.9 Å². The van der Waals surface area contributed by atoms with Gasteiger partial charge in [-0.3, -0.25) is 14.4 Å². The van der Waals surface area contributed by atoms with Crippen LogP contribution in [-0.2, 0) is 23.9 Å². The van der Waals surface area contributed by atoms with Crippen molar-refractivity contribution in [3.8, 4) is 0 Å². The number of hydrogen-bond donors (Lipinski definition) is 1. The van der Waals surface area contributed by atoms with Gasteiger partial charge in [-0.15, -0.1) is 0 Å². The summed E-state index contributed by atoms with van der Waals surface area (Å²) in [7, 11) is 0. The van der Waals surface area contributed by atoms with Crippen LogP contribution < -0.4 is 0 Å². The van der Waals surface area contributed by atoms with Gasteiger partial charge in [-0.05, 0) is 113 Å². The minimum absolute atomic E-state index is 0.0211. The molecular formula is C41H73NO6. The molecule has 7 heteroatoms. The highest BCUT2D eigenvalue weighted by atomic mass is 16.5. The van der Waals surface area contributed by atoms with E-state index in [0.717, 1.165) is 76.4 Å². The van der Waals surface area contributed by atoms with Crippen molar-refractivity contribution in [1.29, 1.82) is 0 Å². The Labute approximate surface area is 294 Å². The Balaban J connectivity index is 0.000000332. The van der Waals surface area contributed by atoms with E-state index in [1.54, 1.807) is 0 Å². The average Bonchev–Trinajstić information content (AvgIpc) is 3.07. The summed E-state index contributed by atoms with van der Waals surface area (Å²) in [5, 5.41) is 9.16. The molecule has 0 spiro atoms. The Bertz CT molecular complexity index is 898. The van der Waals surface area contributed by atoms with Crippen LogP contribution in [0.15, 0.2) is 0 Å². The number of fused-ring (bicyclic) bond motifs is 5. The van der Waals surface area contributed by atoms with Gasteiger partial charge >= 0.3 is 5.97 Å². The van der Waals surface area contributed by atoms with Gasteiger partial charge in [0, 0.05) is 38.0 Å². The quantitative estimate of drug-likeness (QED) is 0.0586. The fourth-order valence-electron chi connectivity index (χ4n) is 9.86. The molecule has 1 N–H and O–H groups in total. The van der Waals surface area contributed by atoms with Crippen LogP contribution in [0.25, 0.3) is 0 Å². The van der Waals surface area contributed by atoms with Crippen molar-refractivity contribution in [2.75, 3.05) is 39.5 Å². The molecule has 0 radical (unpaired) electrons. The normalized spacial score (nSPS) is 27.6. The lowest BCUT2D eigenvalue weighted by atomic mass is 9.48. The highest BCUT2D eigenvalue weighted by Gasteiger charge is 2.59. The Morgan fingerprint density at radius 2 is 1.46 bits per heavy atom. The Kier molecular flexibility index (Phi) is 18.5. The Morgan fingerprint density at radius 3 is 2.04 bits per heavy atom. The summed E-state index contributed by atoms with van der Waals surface area (Å²) in [5.74, 6) is 2.09. The number of carbonyl (C=O) groups is 3. The summed E-state index contributed by atoms with van der Waals surface area (Å²) >= 11 is 0. The third-order valence-electron chi connectivity index (χ3n) is 12.4. The summed E-state index contributed by atoms with van der Waals surface area (Å²) in [4.78, 5) is 37.6. The number of unbranched alkanes of at least 4 members (excludes halogenated alkanes) is 5. The Morgan fingerprint density at radius 1 is 0.812 bits per heavy atom. The number of carbonyl (C=O) groups excluding carboxylic acids is 3. The molecule has 6 rings (SSSR count). The SMILES string of the molecule is CCCC(=O)CCC12CN(CCCCO)CC(COC(=O)CC34CCC(CC3)CC4)(C1)C2.CCCCCC(CCCCC)CCOC=O. The van der Waals surface area contributed by atoms with Gasteiger partial charge in [0.15, 0.2) is 0 Å². The fraction of sp³-hybridized carbons (Fsp3) is 0.927. The topological polar surface area (TPSA) is 93.1 Å². The van der Waals surface area contributed by atoms with Crippen LogP contribution in [0.2, 0.25) is 0 Å². The van der Waals surface area contributed by atoms with E-state index >= 15 is 0 Å². The zero-order valence-corrected chi connectivity index (χ0v) is 31.4. The van der Waals surface area contributed by atoms with Crippen LogP contribution in [0.3, 0.4) is 0 Å². The molecular weight excluding hydrogens is 602 g/mol. The highest BCUT2D eigenvalue weighted by Crippen LogP contribution is 2.61. The first kappa shape index (κ1) is 41.0. The zero-order valence-electron chi connectivity index (χ0n) is 31.4. The average molecular weight is 676 g/mol. The number of esters is 1. The second kappa shape index (κ2) is 21.7. The van der Waals surface area contributed by atoms with E-state index in [9.17, 15) is 14.4 Å². The highest BCUT2D eigenvalue weighted by molar-refractivity contribution is 5.78. The zero-order chi connectivity index (χ0) is 34.7. The summed E-state index contributed by atoms with van der Waals surface area (Å²) in [6.45, 7) is 11.5. The number of hydrogen-bond acceptors (Lipinski definition) is 7. The number of nitrogens with zero attached hydrogens (tertiary/aromatic N) is 1. The molecule has 0 aromatic carbocycles. The van der Waals surface area contributed by atoms with E-state index in [4.69, 9.17) is 14.6 Å². The van der Waals surface area contributed by atoms with Crippen molar-refractivity contribution in [3.05, 3.63) is 0 Å². The summed E-state index contributed by atoms with van der Waals surface area (Å²) in [5.41, 5.74) is 0.520. The third-order valence-corrected chi connectivity index (χ3v) is 12.4. The van der Waals surface area contributed by atoms with E-state index in [1.807, 2.05) is 0 Å². The van der Waals surface area contributed by atoms with E-state index < -0.39 is 0 Å². The first-order chi connectivity index (χ1) is 23.2. The van der Waals surface area contributed by atoms with Crippen LogP contribution in [0.4, 0.5) is 0 Å². The minimum Gasteiger partial charge on any atom is -0.468 e. The maximum atomic E-state index is 12.8. The van der Waals surface area contributed by atoms with Crippen LogP contribution in [0.5, 0.6) is 0 Å². The number of aliphatic hydroxyl groups is 1. The molecule has 0 aromatic heterocycles. The lowest BCUT2D eigenvalue weighted by Crippen LogP contribution is -2.64. The second-order valence-electron chi connectivity index (χ2n) is 16.7. The largest absolute Gasteiger partial charge is 0.468 e. The lowest BCUT2D eigenvalue weighted by Gasteiger charge is -2.64. The van der Waals surface area contributed by atoms with Gasteiger partial charge in [-0.1, -0.05) is 72.1 Å². The van der Waals surface area contributed by atoms with Crippen molar-refractivity contribution in [3.63, 3.8) is 0 Å². The first-order valence-electron chi connectivity index (χ1n) is 20.3. The van der Waals surface area contributed by atoms with Gasteiger partial charge in [-0.25, -0.2) is 0 Å². The number of piperidine rings is 2. The van der Waals surface area contributed by atoms with Gasteiger partial charge in [0.25, 0.3) is 6.47 Å². The molecule has 4 bridgehead atoms. The summed E-state index contributed by atoms with van der Waals surface area (Å²) in [6.07, 6.45) is 27.0. The molecule has 48 heavy (non-hydrogen) atoms. The first-order valence-corrected chi connectivity index (χ1v) is 20.3. The second-order valence-corrected chi connectivity index (χ2v) is 16.7. The van der Waals surface area contributed by atoms with Gasteiger partial charge < -0.3 is 19.5 Å². The van der Waals surface area contributed by atoms with Crippen LogP contribution >= 0.6 is 0 Å². The van der Waals surface area contributed by atoms with E-state index in [0.29, 0.717) is 44.7 Å². The maximum Gasteiger partial charge on any atom is 0.306 e. The molecule has 2 heterocycles. The van der Waals surface area contributed by atoms with Crippen LogP contribution in [0.1, 0.15) is 175 Å². The van der Waals surface area contributed by atoms with Gasteiger partial charge in [-0.2, -0.15) is 0 Å². The molecule has 2 saturated heterocycles. The van der Waals surface area contributed by atoms with Crippen molar-refractivity contribution >= 4 is 18.2 Å². The van der Waals surface area contributed by atoms with Crippen molar-refractivity contribution in [2.24, 2.45) is 28.1 Å². The number of Topliss-reactive ketones (excluding diaryl/α,β-unsaturated/α-hetero) is 1. The molecule has 0 unspecified atom stereocenters. The van der Waals surface area contributed by atoms with Crippen LogP contribution in [0, 0.1) is 28.1 Å². The molecule has 0 atom stereocenters. The number of ether oxygens (including phenoxy) is 2. The van der Waals surface area contributed by atoms with Crippen molar-refractivity contribution in [1.82, 2.24) is 4.90 Å². The van der Waals surface area contributed by atoms with Crippen molar-refractivity contribution < 1.29 is 29.0 Å². The Hall–Kier alpha value is -1.47. The predicted molar refractivity (Wildman–Crippen MR) is 194 cm³/mol. The number of aliphatic hydroxyl groups excluding tert-OH is 1. The molecule has 278 valence electrons. The molecule has 0 aromatic rings. The fourth-order valence-corrected chi connectivity index (χ4v) is 9.86. The minimum atomic E-state index is 0.0211. The molecule has 6 aliphatic rings. The number of rotatable bonds is 25. The smallest absolute Gasteiger partial charge is 0.306 e. The van der Waals surface area contributed by atoms with Crippen molar-refractivity contribution in [2.45, 2.75) is 175 Å². The maximum absolute atomic E-state index is 12.8. The molecule has 4 aliphatic carbocycles. The molecule has 6 fully saturated rings. The monoisotopic (exact) mass is 676 g/mol.